The van der Waals surface area contributed by atoms with E-state index in [-0.39, 0.29) is 17.6 Å². The number of hydrogen-bond acceptors (Lipinski definition) is 8. The van der Waals surface area contributed by atoms with Gasteiger partial charge in [-0.1, -0.05) is 42.8 Å². The number of nitrogens with one attached hydrogen (secondary N) is 2. The molecule has 1 fully saturated rings. The van der Waals surface area contributed by atoms with Crippen LogP contribution in [0.3, 0.4) is 0 Å². The van der Waals surface area contributed by atoms with Crippen molar-refractivity contribution in [2.75, 3.05) is 30.6 Å². The summed E-state index contributed by atoms with van der Waals surface area (Å²) in [6.07, 6.45) is 4.43. The molecule has 0 aliphatic heterocycles. The number of rotatable bonds is 9. The molecule has 2 amide bonds. The first-order chi connectivity index (χ1) is 16.6. The highest BCUT2D eigenvalue weighted by molar-refractivity contribution is 7.99. The van der Waals surface area contributed by atoms with E-state index in [1.54, 1.807) is 36.4 Å². The molecule has 178 valence electrons. The van der Waals surface area contributed by atoms with Crippen molar-refractivity contribution < 1.29 is 19.1 Å². The zero-order chi connectivity index (χ0) is 23.9. The summed E-state index contributed by atoms with van der Waals surface area (Å²) < 4.78 is 12.7. The molecule has 1 heterocycles. The molecule has 10 nitrogen and oxygen atoms in total. The lowest BCUT2D eigenvalue weighted by atomic mass is 10.2. The normalized spacial score (nSPS) is 13.5. The van der Waals surface area contributed by atoms with Crippen LogP contribution >= 0.6 is 11.8 Å². The summed E-state index contributed by atoms with van der Waals surface area (Å²) in [5.41, 5.74) is 1.37. The molecule has 0 bridgehead atoms. The molecule has 3 aromatic rings. The van der Waals surface area contributed by atoms with Gasteiger partial charge in [0.2, 0.25) is 11.1 Å². The molecule has 1 saturated carbocycles. The van der Waals surface area contributed by atoms with Crippen molar-refractivity contribution >= 4 is 35.0 Å². The summed E-state index contributed by atoms with van der Waals surface area (Å²) in [5.74, 6) is 0.378. The van der Waals surface area contributed by atoms with Crippen molar-refractivity contribution in [3.05, 3.63) is 48.0 Å². The van der Waals surface area contributed by atoms with Crippen molar-refractivity contribution in [3.63, 3.8) is 0 Å². The number of tetrazole rings is 1. The minimum absolute atomic E-state index is 0.130. The van der Waals surface area contributed by atoms with E-state index in [1.807, 2.05) is 10.7 Å². The minimum Gasteiger partial charge on any atom is -0.494 e. The summed E-state index contributed by atoms with van der Waals surface area (Å²) in [5, 5.41) is 18.2. The van der Waals surface area contributed by atoms with Crippen LogP contribution in [0.1, 0.15) is 42.1 Å². The topological polar surface area (TPSA) is 120 Å². The first-order valence-corrected chi connectivity index (χ1v) is 11.9. The SMILES string of the molecule is COc1cc(NC(=O)c2ccccc2)c(OC)cc1NC(=O)CSc1nnnn1C1CCCC1. The largest absolute Gasteiger partial charge is 0.494 e. The summed E-state index contributed by atoms with van der Waals surface area (Å²) in [4.78, 5) is 25.2. The van der Waals surface area contributed by atoms with E-state index < -0.39 is 0 Å². The van der Waals surface area contributed by atoms with Crippen LogP contribution in [0.4, 0.5) is 11.4 Å². The van der Waals surface area contributed by atoms with Crippen molar-refractivity contribution in [2.24, 2.45) is 0 Å². The van der Waals surface area contributed by atoms with Gasteiger partial charge in [0.15, 0.2) is 0 Å². The van der Waals surface area contributed by atoms with E-state index in [0.29, 0.717) is 39.6 Å². The molecule has 34 heavy (non-hydrogen) atoms. The Morgan fingerprint density at radius 2 is 1.68 bits per heavy atom. The van der Waals surface area contributed by atoms with Gasteiger partial charge in [-0.15, -0.1) is 5.10 Å². The summed E-state index contributed by atoms with van der Waals surface area (Å²) in [6, 6.07) is 12.4. The number of carbonyl (C=O) groups excluding carboxylic acids is 2. The molecule has 0 saturated heterocycles. The lowest BCUT2D eigenvalue weighted by Gasteiger charge is -2.16. The van der Waals surface area contributed by atoms with Crippen LogP contribution < -0.4 is 20.1 Å². The molecule has 1 aliphatic carbocycles. The minimum atomic E-state index is -0.283. The van der Waals surface area contributed by atoms with Crippen LogP contribution in [-0.2, 0) is 4.79 Å². The number of amides is 2. The number of carbonyl (C=O) groups is 2. The van der Waals surface area contributed by atoms with Gasteiger partial charge in [-0.05, 0) is 35.4 Å². The summed E-state index contributed by atoms with van der Waals surface area (Å²) in [7, 11) is 2.98. The number of hydrogen-bond donors (Lipinski definition) is 2. The second-order valence-electron chi connectivity index (χ2n) is 7.75. The average molecular weight is 483 g/mol. The number of benzene rings is 2. The number of aromatic nitrogens is 4. The third-order valence-electron chi connectivity index (χ3n) is 5.55. The number of methoxy groups -OCH3 is 2. The lowest BCUT2D eigenvalue weighted by Crippen LogP contribution is -2.17. The number of thioether (sulfide) groups is 1. The van der Waals surface area contributed by atoms with Crippen LogP contribution in [0.15, 0.2) is 47.6 Å². The fourth-order valence-electron chi connectivity index (χ4n) is 3.85. The van der Waals surface area contributed by atoms with Crippen LogP contribution in [0.25, 0.3) is 0 Å². The van der Waals surface area contributed by atoms with Crippen LogP contribution in [0.5, 0.6) is 11.5 Å². The van der Waals surface area contributed by atoms with Gasteiger partial charge in [-0.3, -0.25) is 9.59 Å². The van der Waals surface area contributed by atoms with Crippen LogP contribution in [-0.4, -0.2) is 52.0 Å². The Kier molecular flexibility index (Phi) is 7.63. The molecule has 0 unspecified atom stereocenters. The van der Waals surface area contributed by atoms with E-state index in [1.165, 1.54) is 38.8 Å². The zero-order valence-electron chi connectivity index (χ0n) is 19.0. The van der Waals surface area contributed by atoms with E-state index in [4.69, 9.17) is 9.47 Å². The maximum absolute atomic E-state index is 12.7. The molecular weight excluding hydrogens is 456 g/mol. The number of ether oxygens (including phenoxy) is 2. The van der Waals surface area contributed by atoms with Gasteiger partial charge in [0.25, 0.3) is 5.91 Å². The third kappa shape index (κ3) is 5.48. The van der Waals surface area contributed by atoms with E-state index in [9.17, 15) is 9.59 Å². The second-order valence-corrected chi connectivity index (χ2v) is 8.70. The standard InChI is InChI=1S/C23H26N6O4S/c1-32-19-13-18(25-22(31)15-8-4-3-5-9-15)20(33-2)12-17(19)24-21(30)14-34-23-26-27-28-29(23)16-10-6-7-11-16/h3-5,8-9,12-13,16H,6-7,10-11,14H2,1-2H3,(H,24,30)(H,25,31). The van der Waals surface area contributed by atoms with Crippen molar-refractivity contribution in [2.45, 2.75) is 36.9 Å². The zero-order valence-corrected chi connectivity index (χ0v) is 19.8. The Bertz CT molecular complexity index is 1150. The fourth-order valence-corrected chi connectivity index (χ4v) is 4.60. The molecule has 0 radical (unpaired) electrons. The van der Waals surface area contributed by atoms with Gasteiger partial charge in [-0.2, -0.15) is 0 Å². The monoisotopic (exact) mass is 482 g/mol. The lowest BCUT2D eigenvalue weighted by molar-refractivity contribution is -0.113. The van der Waals surface area contributed by atoms with Gasteiger partial charge >= 0.3 is 0 Å². The average Bonchev–Trinajstić information content (AvgIpc) is 3.55. The van der Waals surface area contributed by atoms with Gasteiger partial charge < -0.3 is 20.1 Å². The Hall–Kier alpha value is -3.60. The molecule has 0 spiro atoms. The maximum Gasteiger partial charge on any atom is 0.255 e. The summed E-state index contributed by atoms with van der Waals surface area (Å²) >= 11 is 1.29. The van der Waals surface area contributed by atoms with Crippen LogP contribution in [0.2, 0.25) is 0 Å². The first-order valence-electron chi connectivity index (χ1n) is 10.9. The fraction of sp³-hybridized carbons (Fsp3) is 0.348. The van der Waals surface area contributed by atoms with E-state index in [0.717, 1.165) is 12.8 Å². The van der Waals surface area contributed by atoms with Crippen molar-refractivity contribution in [1.29, 1.82) is 0 Å². The predicted octanol–water partition coefficient (Wildman–Crippen LogP) is 3.79. The third-order valence-corrected chi connectivity index (χ3v) is 6.48. The van der Waals surface area contributed by atoms with Crippen molar-refractivity contribution in [3.8, 4) is 11.5 Å². The smallest absolute Gasteiger partial charge is 0.255 e. The highest BCUT2D eigenvalue weighted by Gasteiger charge is 2.22. The second kappa shape index (κ2) is 11.0. The van der Waals surface area contributed by atoms with Gasteiger partial charge in [0.1, 0.15) is 11.5 Å². The Labute approximate surface area is 201 Å². The molecule has 2 N–H and O–H groups in total. The number of nitrogens with zero attached hydrogens (tertiary/aromatic N) is 4. The van der Waals surface area contributed by atoms with Gasteiger partial charge in [-0.25, -0.2) is 4.68 Å². The Morgan fingerprint density at radius 1 is 1.03 bits per heavy atom. The molecular formula is C23H26N6O4S. The quantitative estimate of drug-likeness (QED) is 0.442. The Morgan fingerprint density at radius 3 is 2.32 bits per heavy atom. The van der Waals surface area contributed by atoms with Gasteiger partial charge in [0, 0.05) is 17.7 Å². The highest BCUT2D eigenvalue weighted by atomic mass is 32.2. The van der Waals surface area contributed by atoms with E-state index >= 15 is 0 Å². The predicted molar refractivity (Wildman–Crippen MR) is 129 cm³/mol. The molecule has 2 aromatic carbocycles. The van der Waals surface area contributed by atoms with Crippen molar-refractivity contribution in [1.82, 2.24) is 20.2 Å². The number of anilines is 2. The highest BCUT2D eigenvalue weighted by Crippen LogP contribution is 2.37. The van der Waals surface area contributed by atoms with Gasteiger partial charge in [0.05, 0.1) is 37.4 Å². The molecule has 0 atom stereocenters. The molecule has 11 heteroatoms. The summed E-state index contributed by atoms with van der Waals surface area (Å²) in [6.45, 7) is 0. The van der Waals surface area contributed by atoms with Crippen LogP contribution in [0, 0.1) is 0 Å². The van der Waals surface area contributed by atoms with E-state index in [2.05, 4.69) is 26.2 Å². The molecule has 1 aliphatic rings. The first kappa shape index (κ1) is 23.6. The molecule has 4 rings (SSSR count). The Balaban J connectivity index is 1.44. The molecule has 1 aromatic heterocycles. The maximum atomic E-state index is 12.7.